The minimum absolute atomic E-state index is 0.296. The van der Waals surface area contributed by atoms with Gasteiger partial charge in [-0.1, -0.05) is 6.07 Å². The maximum atomic E-state index is 12.1. The first-order valence-corrected chi connectivity index (χ1v) is 12.8. The third-order valence-electron chi connectivity index (χ3n) is 6.19. The fourth-order valence-electron chi connectivity index (χ4n) is 4.28. The SMILES string of the molecule is CCNC(=O)NC1=NCc2cc(-c3cccnc3)cc(-c3cc(N4CCN(C)CC4)ncn3)c2N1.CNC. The van der Waals surface area contributed by atoms with Crippen molar-refractivity contribution in [2.45, 2.75) is 13.5 Å². The number of likely N-dealkylation sites (N-methyl/N-ethyl adjacent to an activating group) is 1. The van der Waals surface area contributed by atoms with Crippen LogP contribution in [0.25, 0.3) is 22.4 Å². The molecule has 38 heavy (non-hydrogen) atoms. The lowest BCUT2D eigenvalue weighted by Crippen LogP contribution is -2.44. The highest BCUT2D eigenvalue weighted by atomic mass is 16.2. The third-order valence-corrected chi connectivity index (χ3v) is 6.19. The van der Waals surface area contributed by atoms with Crippen molar-refractivity contribution in [1.82, 2.24) is 35.8 Å². The summed E-state index contributed by atoms with van der Waals surface area (Å²) in [5.74, 6) is 1.32. The summed E-state index contributed by atoms with van der Waals surface area (Å²) in [6, 6.07) is 9.92. The number of nitrogens with one attached hydrogen (secondary N) is 4. The highest BCUT2D eigenvalue weighted by Crippen LogP contribution is 2.37. The van der Waals surface area contributed by atoms with Gasteiger partial charge in [0.15, 0.2) is 0 Å². The van der Waals surface area contributed by atoms with Crippen LogP contribution in [0.4, 0.5) is 16.3 Å². The second-order valence-electron chi connectivity index (χ2n) is 9.13. The lowest BCUT2D eigenvalue weighted by molar-refractivity contribution is 0.246. The lowest BCUT2D eigenvalue weighted by atomic mass is 9.96. The quantitative estimate of drug-likeness (QED) is 0.417. The van der Waals surface area contributed by atoms with Crippen molar-refractivity contribution in [3.63, 3.8) is 0 Å². The molecular weight excluding hydrogens is 480 g/mol. The zero-order valence-electron chi connectivity index (χ0n) is 22.5. The summed E-state index contributed by atoms with van der Waals surface area (Å²) < 4.78 is 0. The molecule has 0 unspecified atom stereocenters. The number of amides is 2. The van der Waals surface area contributed by atoms with E-state index < -0.39 is 0 Å². The number of guanidine groups is 1. The smallest absolute Gasteiger partial charge is 0.321 e. The third kappa shape index (κ3) is 6.61. The predicted molar refractivity (Wildman–Crippen MR) is 152 cm³/mol. The zero-order valence-corrected chi connectivity index (χ0v) is 22.5. The molecule has 0 atom stereocenters. The monoisotopic (exact) mass is 516 g/mol. The van der Waals surface area contributed by atoms with Crippen LogP contribution in [0, 0.1) is 0 Å². The Labute approximate surface area is 223 Å². The number of carbonyl (C=O) groups excluding carboxylic acids is 1. The van der Waals surface area contributed by atoms with Crippen LogP contribution >= 0.6 is 0 Å². The maximum absolute atomic E-state index is 12.1. The van der Waals surface area contributed by atoms with Gasteiger partial charge in [-0.15, -0.1) is 0 Å². The van der Waals surface area contributed by atoms with E-state index in [-0.39, 0.29) is 6.03 Å². The maximum Gasteiger partial charge on any atom is 0.321 e. The number of urea groups is 1. The lowest BCUT2D eigenvalue weighted by Gasteiger charge is -2.33. The number of anilines is 2. The predicted octanol–water partition coefficient (Wildman–Crippen LogP) is 2.39. The van der Waals surface area contributed by atoms with E-state index in [1.807, 2.05) is 45.4 Å². The molecule has 11 heteroatoms. The normalized spacial score (nSPS) is 14.8. The number of fused-ring (bicyclic) bond motifs is 1. The summed E-state index contributed by atoms with van der Waals surface area (Å²) in [6.07, 6.45) is 5.24. The highest BCUT2D eigenvalue weighted by Gasteiger charge is 2.22. The van der Waals surface area contributed by atoms with Crippen molar-refractivity contribution in [2.24, 2.45) is 4.99 Å². The largest absolute Gasteiger partial charge is 0.354 e. The van der Waals surface area contributed by atoms with Crippen molar-refractivity contribution in [2.75, 3.05) is 64.1 Å². The molecule has 11 nitrogen and oxygen atoms in total. The van der Waals surface area contributed by atoms with Gasteiger partial charge in [0.1, 0.15) is 12.1 Å². The van der Waals surface area contributed by atoms with E-state index in [0.29, 0.717) is 19.0 Å². The molecule has 0 bridgehead atoms. The summed E-state index contributed by atoms with van der Waals surface area (Å²) >= 11 is 0. The molecule has 4 heterocycles. The number of carbonyl (C=O) groups is 1. The molecule has 0 spiro atoms. The average Bonchev–Trinajstić information content (AvgIpc) is 2.94. The minimum Gasteiger partial charge on any atom is -0.354 e. The Morgan fingerprint density at radius 2 is 1.87 bits per heavy atom. The van der Waals surface area contributed by atoms with Gasteiger partial charge in [0, 0.05) is 62.3 Å². The van der Waals surface area contributed by atoms with Crippen LogP contribution in [0.3, 0.4) is 0 Å². The van der Waals surface area contributed by atoms with Crippen LogP contribution in [0.2, 0.25) is 0 Å². The van der Waals surface area contributed by atoms with Gasteiger partial charge in [0.25, 0.3) is 0 Å². The summed E-state index contributed by atoms with van der Waals surface area (Å²) in [4.78, 5) is 34.7. The van der Waals surface area contributed by atoms with E-state index >= 15 is 0 Å². The Hall–Kier alpha value is -4.09. The van der Waals surface area contributed by atoms with Crippen LogP contribution in [0.15, 0.2) is 54.0 Å². The molecule has 3 aromatic rings. The fraction of sp³-hybridized carbons (Fsp3) is 0.370. The van der Waals surface area contributed by atoms with Gasteiger partial charge in [-0.3, -0.25) is 10.3 Å². The minimum atomic E-state index is -0.296. The Balaban J connectivity index is 0.00000107. The first-order valence-electron chi connectivity index (χ1n) is 12.8. The van der Waals surface area contributed by atoms with Crippen molar-refractivity contribution in [3.8, 4) is 22.4 Å². The summed E-state index contributed by atoms with van der Waals surface area (Å²) in [7, 11) is 5.89. The summed E-state index contributed by atoms with van der Waals surface area (Å²) in [5.41, 5.74) is 5.67. The van der Waals surface area contributed by atoms with Crippen LogP contribution in [-0.2, 0) is 6.54 Å². The van der Waals surface area contributed by atoms with Crippen LogP contribution in [0.5, 0.6) is 0 Å². The second kappa shape index (κ2) is 12.9. The van der Waals surface area contributed by atoms with E-state index in [9.17, 15) is 4.79 Å². The number of piperazine rings is 1. The molecule has 2 aliphatic heterocycles. The van der Waals surface area contributed by atoms with Gasteiger partial charge in [-0.25, -0.2) is 19.8 Å². The van der Waals surface area contributed by atoms with Crippen molar-refractivity contribution >= 4 is 23.5 Å². The first-order chi connectivity index (χ1) is 18.5. The van der Waals surface area contributed by atoms with E-state index in [1.165, 1.54) is 0 Å². The topological polar surface area (TPSA) is 123 Å². The molecule has 2 aliphatic rings. The van der Waals surface area contributed by atoms with Crippen molar-refractivity contribution < 1.29 is 4.79 Å². The molecule has 2 aromatic heterocycles. The summed E-state index contributed by atoms with van der Waals surface area (Å²) in [6.45, 7) is 6.68. The number of benzene rings is 1. The number of nitrogens with zero attached hydrogens (tertiary/aromatic N) is 6. The molecular formula is C27H36N10O. The van der Waals surface area contributed by atoms with Gasteiger partial charge >= 0.3 is 6.03 Å². The molecule has 5 rings (SSSR count). The molecule has 0 radical (unpaired) electrons. The molecule has 0 aliphatic carbocycles. The number of rotatable bonds is 4. The molecule has 1 fully saturated rings. The van der Waals surface area contributed by atoms with Gasteiger partial charge in [-0.2, -0.15) is 0 Å². The number of hydrogen-bond acceptors (Lipinski definition) is 9. The molecule has 1 saturated heterocycles. The average molecular weight is 517 g/mol. The molecule has 1 aromatic carbocycles. The van der Waals surface area contributed by atoms with Crippen LogP contribution in [-0.4, -0.2) is 85.7 Å². The zero-order chi connectivity index (χ0) is 26.9. The fourth-order valence-corrected chi connectivity index (χ4v) is 4.28. The van der Waals surface area contributed by atoms with Gasteiger partial charge in [-0.05, 0) is 57.4 Å². The summed E-state index contributed by atoms with van der Waals surface area (Å²) in [5, 5.41) is 11.6. The Kier molecular flexibility index (Phi) is 9.17. The van der Waals surface area contributed by atoms with E-state index in [1.54, 1.807) is 12.5 Å². The van der Waals surface area contributed by atoms with E-state index in [0.717, 1.165) is 65.6 Å². The number of pyridine rings is 1. The second-order valence-corrected chi connectivity index (χ2v) is 9.13. The molecule has 200 valence electrons. The number of hydrogen-bond donors (Lipinski definition) is 4. The van der Waals surface area contributed by atoms with E-state index in [4.69, 9.17) is 0 Å². The van der Waals surface area contributed by atoms with Crippen LogP contribution < -0.4 is 26.2 Å². The number of aliphatic imine (C=N–C) groups is 1. The molecule has 2 amide bonds. The molecule has 0 saturated carbocycles. The van der Waals surface area contributed by atoms with Crippen LogP contribution in [0.1, 0.15) is 12.5 Å². The Bertz CT molecular complexity index is 1260. The van der Waals surface area contributed by atoms with Crippen molar-refractivity contribution in [1.29, 1.82) is 0 Å². The first kappa shape index (κ1) is 27.0. The van der Waals surface area contributed by atoms with E-state index in [2.05, 4.69) is 70.2 Å². The van der Waals surface area contributed by atoms with Gasteiger partial charge in [0.2, 0.25) is 5.96 Å². The Morgan fingerprint density at radius 1 is 1.08 bits per heavy atom. The van der Waals surface area contributed by atoms with Crippen molar-refractivity contribution in [3.05, 3.63) is 54.6 Å². The van der Waals surface area contributed by atoms with Gasteiger partial charge < -0.3 is 25.8 Å². The molecule has 4 N–H and O–H groups in total. The standard InChI is InChI=1S/C25H29N9O.C2H7N/c1-3-27-25(35)32-24-28-15-19-11-18(17-5-4-6-26-14-17)12-20(23(19)31-24)21-13-22(30-16-29-21)34-9-7-33(2)8-10-34;1-3-2/h4-6,11-14,16H,3,7-10,15H2,1-2H3,(H3,27,28,31,32,35);3H,1-2H3. The number of aromatic nitrogens is 3. The Morgan fingerprint density at radius 3 is 2.58 bits per heavy atom. The van der Waals surface area contributed by atoms with Gasteiger partial charge in [0.05, 0.1) is 17.9 Å². The highest BCUT2D eigenvalue weighted by molar-refractivity contribution is 6.07.